The third kappa shape index (κ3) is 4.83. The van der Waals surface area contributed by atoms with Gasteiger partial charge in [-0.2, -0.15) is 5.10 Å². The van der Waals surface area contributed by atoms with Crippen LogP contribution in [0.5, 0.6) is 0 Å². The molecule has 1 heterocycles. The number of halogens is 2. The number of thiophene rings is 1. The fourth-order valence-electron chi connectivity index (χ4n) is 3.01. The van der Waals surface area contributed by atoms with Gasteiger partial charge >= 0.3 is 0 Å². The topological polar surface area (TPSA) is 70.6 Å². The fraction of sp³-hybridized carbons (Fsp3) is 0.0417. The predicted molar refractivity (Wildman–Crippen MR) is 132 cm³/mol. The smallest absolute Gasteiger partial charge is 0.283 e. The summed E-state index contributed by atoms with van der Waals surface area (Å²) in [7, 11) is 0. The zero-order chi connectivity index (χ0) is 22.7. The molecule has 0 aliphatic carbocycles. The molecular weight excluding hydrogens is 465 g/mol. The molecule has 2 N–H and O–H groups in total. The van der Waals surface area contributed by atoms with Gasteiger partial charge in [-0.05, 0) is 55.0 Å². The van der Waals surface area contributed by atoms with Crippen LogP contribution < -0.4 is 10.7 Å². The van der Waals surface area contributed by atoms with E-state index in [0.717, 1.165) is 15.6 Å². The number of hydrogen-bond acceptors (Lipinski definition) is 4. The van der Waals surface area contributed by atoms with Gasteiger partial charge in [-0.15, -0.1) is 11.3 Å². The summed E-state index contributed by atoms with van der Waals surface area (Å²) in [5, 5.41) is 8.87. The van der Waals surface area contributed by atoms with E-state index in [4.69, 9.17) is 23.2 Å². The Hall–Kier alpha value is -3.19. The Labute approximate surface area is 198 Å². The maximum atomic E-state index is 12.6. The van der Waals surface area contributed by atoms with Gasteiger partial charge < -0.3 is 5.32 Å². The van der Waals surface area contributed by atoms with E-state index < -0.39 is 0 Å². The van der Waals surface area contributed by atoms with E-state index in [1.165, 1.54) is 11.3 Å². The maximum absolute atomic E-state index is 12.6. The first-order valence-electron chi connectivity index (χ1n) is 9.61. The summed E-state index contributed by atoms with van der Waals surface area (Å²) < 4.78 is 0.944. The summed E-state index contributed by atoms with van der Waals surface area (Å²) in [6.45, 7) is 1.79. The molecule has 0 fully saturated rings. The van der Waals surface area contributed by atoms with Gasteiger partial charge in [0.15, 0.2) is 0 Å². The Kier molecular flexibility index (Phi) is 6.55. The highest BCUT2D eigenvalue weighted by Crippen LogP contribution is 2.34. The minimum Gasteiger partial charge on any atom is -0.322 e. The van der Waals surface area contributed by atoms with Crippen LogP contribution in [0.1, 0.15) is 32.5 Å². The molecule has 0 aliphatic heterocycles. The average Bonchev–Trinajstić information content (AvgIpc) is 3.15. The standard InChI is InChI=1S/C24H17Cl2N3O2S/c1-14(28-29-24(31)22-21(26)19-4-2-3-5-20(19)32-22)15-8-12-18(13-9-15)27-23(30)16-6-10-17(25)11-7-16/h2-13H,1H3,(H,27,30)(H,29,31)/b28-14+. The van der Waals surface area contributed by atoms with Crippen molar-refractivity contribution in [3.05, 3.63) is 98.8 Å². The summed E-state index contributed by atoms with van der Waals surface area (Å²) in [5.74, 6) is -0.588. The Morgan fingerprint density at radius 2 is 1.50 bits per heavy atom. The lowest BCUT2D eigenvalue weighted by Gasteiger charge is -2.07. The summed E-state index contributed by atoms with van der Waals surface area (Å²) in [6.07, 6.45) is 0. The van der Waals surface area contributed by atoms with Gasteiger partial charge in [-0.1, -0.05) is 53.5 Å². The van der Waals surface area contributed by atoms with Crippen molar-refractivity contribution in [2.24, 2.45) is 5.10 Å². The third-order valence-electron chi connectivity index (χ3n) is 4.73. The molecule has 0 bridgehead atoms. The number of nitrogens with one attached hydrogen (secondary N) is 2. The van der Waals surface area contributed by atoms with E-state index in [9.17, 15) is 9.59 Å². The van der Waals surface area contributed by atoms with E-state index in [0.29, 0.717) is 31.9 Å². The van der Waals surface area contributed by atoms with Crippen LogP contribution in [0.15, 0.2) is 77.9 Å². The minimum atomic E-state index is -0.359. The van der Waals surface area contributed by atoms with Gasteiger partial charge in [0.1, 0.15) is 4.88 Å². The Balaban J connectivity index is 1.42. The molecule has 160 valence electrons. The van der Waals surface area contributed by atoms with Crippen molar-refractivity contribution in [2.45, 2.75) is 6.92 Å². The van der Waals surface area contributed by atoms with Crippen molar-refractivity contribution in [2.75, 3.05) is 5.32 Å². The Morgan fingerprint density at radius 1 is 0.844 bits per heavy atom. The molecule has 3 aromatic carbocycles. The zero-order valence-electron chi connectivity index (χ0n) is 16.9. The van der Waals surface area contributed by atoms with Crippen LogP contribution in [0.25, 0.3) is 10.1 Å². The van der Waals surface area contributed by atoms with E-state index in [-0.39, 0.29) is 11.8 Å². The Bertz CT molecular complexity index is 1330. The van der Waals surface area contributed by atoms with Crippen LogP contribution in [-0.2, 0) is 0 Å². The van der Waals surface area contributed by atoms with E-state index in [1.807, 2.05) is 36.4 Å². The fourth-order valence-corrected chi connectivity index (χ4v) is 4.54. The number of benzene rings is 3. The van der Waals surface area contributed by atoms with E-state index >= 15 is 0 Å². The molecule has 0 saturated heterocycles. The number of hydrogen-bond donors (Lipinski definition) is 2. The van der Waals surface area contributed by atoms with Crippen molar-refractivity contribution >= 4 is 67.8 Å². The molecule has 0 atom stereocenters. The molecular formula is C24H17Cl2N3O2S. The molecule has 4 rings (SSSR count). The van der Waals surface area contributed by atoms with Crippen molar-refractivity contribution in [1.29, 1.82) is 0 Å². The molecule has 8 heteroatoms. The normalized spacial score (nSPS) is 11.4. The molecule has 4 aromatic rings. The lowest BCUT2D eigenvalue weighted by molar-refractivity contribution is 0.0958. The van der Waals surface area contributed by atoms with Gasteiger partial charge in [0.2, 0.25) is 0 Å². The second-order valence-electron chi connectivity index (χ2n) is 6.92. The summed E-state index contributed by atoms with van der Waals surface area (Å²) in [5.41, 5.74) is 5.14. The molecule has 1 aromatic heterocycles. The molecule has 0 aliphatic rings. The van der Waals surface area contributed by atoms with Crippen LogP contribution in [0.4, 0.5) is 5.69 Å². The number of carbonyl (C=O) groups is 2. The number of amides is 2. The van der Waals surface area contributed by atoms with Gasteiger partial charge in [0.25, 0.3) is 11.8 Å². The number of nitrogens with zero attached hydrogens (tertiary/aromatic N) is 1. The first-order valence-corrected chi connectivity index (χ1v) is 11.2. The number of anilines is 1. The molecule has 5 nitrogen and oxygen atoms in total. The van der Waals surface area contributed by atoms with Gasteiger partial charge in [0.05, 0.1) is 10.7 Å². The SMILES string of the molecule is C/C(=N\NC(=O)c1sc2ccccc2c1Cl)c1ccc(NC(=O)c2ccc(Cl)cc2)cc1. The summed E-state index contributed by atoms with van der Waals surface area (Å²) >= 11 is 13.5. The van der Waals surface area contributed by atoms with E-state index in [2.05, 4.69) is 15.8 Å². The summed E-state index contributed by atoms with van der Waals surface area (Å²) in [6, 6.07) is 21.4. The molecule has 0 unspecified atom stereocenters. The van der Waals surface area contributed by atoms with Gasteiger partial charge in [-0.25, -0.2) is 5.43 Å². The zero-order valence-corrected chi connectivity index (χ0v) is 19.2. The first-order chi connectivity index (χ1) is 15.4. The molecule has 0 radical (unpaired) electrons. The summed E-state index contributed by atoms with van der Waals surface area (Å²) in [4.78, 5) is 25.3. The Morgan fingerprint density at radius 3 is 2.19 bits per heavy atom. The first kappa shape index (κ1) is 22.0. The van der Waals surface area contributed by atoms with Crippen LogP contribution >= 0.6 is 34.5 Å². The second-order valence-corrected chi connectivity index (χ2v) is 8.78. The quantitative estimate of drug-likeness (QED) is 0.248. The number of fused-ring (bicyclic) bond motifs is 1. The molecule has 32 heavy (non-hydrogen) atoms. The van der Waals surface area contributed by atoms with E-state index in [1.54, 1.807) is 43.3 Å². The molecule has 0 spiro atoms. The highest BCUT2D eigenvalue weighted by molar-refractivity contribution is 7.21. The van der Waals surface area contributed by atoms with Crippen LogP contribution in [0, 0.1) is 0 Å². The lowest BCUT2D eigenvalue weighted by atomic mass is 10.1. The number of hydrazone groups is 1. The maximum Gasteiger partial charge on any atom is 0.283 e. The lowest BCUT2D eigenvalue weighted by Crippen LogP contribution is -2.18. The third-order valence-corrected chi connectivity index (χ3v) is 6.66. The van der Waals surface area contributed by atoms with Crippen molar-refractivity contribution < 1.29 is 9.59 Å². The van der Waals surface area contributed by atoms with Crippen LogP contribution in [0.2, 0.25) is 10.0 Å². The number of carbonyl (C=O) groups excluding carboxylic acids is 2. The highest BCUT2D eigenvalue weighted by atomic mass is 35.5. The molecule has 2 amide bonds. The minimum absolute atomic E-state index is 0.229. The van der Waals surface area contributed by atoms with Crippen molar-refractivity contribution in [1.82, 2.24) is 5.43 Å². The van der Waals surface area contributed by atoms with Crippen molar-refractivity contribution in [3.63, 3.8) is 0 Å². The van der Waals surface area contributed by atoms with Crippen molar-refractivity contribution in [3.8, 4) is 0 Å². The van der Waals surface area contributed by atoms with Gasteiger partial charge in [-0.3, -0.25) is 9.59 Å². The average molecular weight is 482 g/mol. The molecule has 0 saturated carbocycles. The van der Waals surface area contributed by atoms with Crippen LogP contribution in [-0.4, -0.2) is 17.5 Å². The van der Waals surface area contributed by atoms with Gasteiger partial charge in [0, 0.05) is 26.4 Å². The second kappa shape index (κ2) is 9.53. The largest absolute Gasteiger partial charge is 0.322 e. The monoisotopic (exact) mass is 481 g/mol. The predicted octanol–water partition coefficient (Wildman–Crippen LogP) is 6.61. The highest BCUT2D eigenvalue weighted by Gasteiger charge is 2.16. The number of rotatable bonds is 5. The van der Waals surface area contributed by atoms with Crippen LogP contribution in [0.3, 0.4) is 0 Å².